The van der Waals surface area contributed by atoms with Gasteiger partial charge >= 0.3 is 0 Å². The first-order valence-corrected chi connectivity index (χ1v) is 6.22. The number of nitro groups is 1. The number of nitro benzene ring substituents is 1. The van der Waals surface area contributed by atoms with E-state index in [0.717, 1.165) is 12.1 Å². The van der Waals surface area contributed by atoms with Gasteiger partial charge < -0.3 is 5.32 Å². The molecular weight excluding hydrogens is 319 g/mol. The number of aromatic nitrogens is 2. The molecule has 0 saturated carbocycles. The van der Waals surface area contributed by atoms with Crippen molar-refractivity contribution in [3.8, 4) is 0 Å². The van der Waals surface area contributed by atoms with Gasteiger partial charge in [-0.2, -0.15) is 5.10 Å². The van der Waals surface area contributed by atoms with Crippen molar-refractivity contribution in [3.63, 3.8) is 0 Å². The van der Waals surface area contributed by atoms with Gasteiger partial charge in [0.1, 0.15) is 11.5 Å². The van der Waals surface area contributed by atoms with E-state index in [1.165, 1.54) is 0 Å². The van der Waals surface area contributed by atoms with Gasteiger partial charge in [0.15, 0.2) is 0 Å². The summed E-state index contributed by atoms with van der Waals surface area (Å²) >= 11 is 2.93. The molecule has 1 N–H and O–H groups in total. The van der Waals surface area contributed by atoms with E-state index in [2.05, 4.69) is 26.3 Å². The van der Waals surface area contributed by atoms with Crippen LogP contribution in [-0.2, 0) is 6.54 Å². The number of halogens is 2. The van der Waals surface area contributed by atoms with Crippen LogP contribution in [0.4, 0.5) is 15.8 Å². The average Bonchev–Trinajstić information content (AvgIpc) is 2.86. The predicted molar refractivity (Wildman–Crippen MR) is 71.5 cm³/mol. The number of rotatable bonds is 5. The van der Waals surface area contributed by atoms with Crippen LogP contribution >= 0.6 is 15.9 Å². The molecule has 0 aliphatic rings. The van der Waals surface area contributed by atoms with Crippen LogP contribution in [0.1, 0.15) is 0 Å². The number of hydrogen-bond donors (Lipinski definition) is 1. The number of anilines is 1. The summed E-state index contributed by atoms with van der Waals surface area (Å²) in [5.41, 5.74) is -0.0217. The molecule has 0 aliphatic heterocycles. The minimum absolute atomic E-state index is 0.0665. The molecule has 0 atom stereocenters. The van der Waals surface area contributed by atoms with Crippen LogP contribution in [0.15, 0.2) is 35.1 Å². The monoisotopic (exact) mass is 328 g/mol. The minimum Gasteiger partial charge on any atom is -0.378 e. The van der Waals surface area contributed by atoms with Gasteiger partial charge in [-0.25, -0.2) is 4.39 Å². The van der Waals surface area contributed by atoms with E-state index in [4.69, 9.17) is 0 Å². The molecule has 2 rings (SSSR count). The Hall–Kier alpha value is -1.96. The first-order valence-electron chi connectivity index (χ1n) is 5.42. The van der Waals surface area contributed by atoms with Crippen molar-refractivity contribution in [2.45, 2.75) is 6.54 Å². The predicted octanol–water partition coefficient (Wildman–Crippen LogP) is 2.80. The van der Waals surface area contributed by atoms with Crippen molar-refractivity contribution in [2.24, 2.45) is 0 Å². The SMILES string of the molecule is O=[N+]([O-])c1cc(Br)c(F)cc1NCCn1cccn1. The normalized spacial score (nSPS) is 10.4. The molecule has 1 aromatic carbocycles. The molecule has 0 spiro atoms. The Morgan fingerprint density at radius 3 is 2.95 bits per heavy atom. The smallest absolute Gasteiger partial charge is 0.293 e. The first-order chi connectivity index (χ1) is 9.08. The number of nitrogens with one attached hydrogen (secondary N) is 1. The number of benzene rings is 1. The Morgan fingerprint density at radius 1 is 1.53 bits per heavy atom. The zero-order valence-electron chi connectivity index (χ0n) is 9.72. The van der Waals surface area contributed by atoms with Crippen LogP contribution in [-0.4, -0.2) is 21.2 Å². The van der Waals surface area contributed by atoms with Gasteiger partial charge in [0.25, 0.3) is 5.69 Å². The van der Waals surface area contributed by atoms with Crippen molar-refractivity contribution in [2.75, 3.05) is 11.9 Å². The molecule has 0 unspecified atom stereocenters. The van der Waals surface area contributed by atoms with Crippen molar-refractivity contribution in [1.29, 1.82) is 0 Å². The summed E-state index contributed by atoms with van der Waals surface area (Å²) in [6, 6.07) is 4.03. The average molecular weight is 329 g/mol. The topological polar surface area (TPSA) is 73.0 Å². The molecule has 8 heteroatoms. The van der Waals surface area contributed by atoms with Gasteiger partial charge in [-0.1, -0.05) is 0 Å². The lowest BCUT2D eigenvalue weighted by Crippen LogP contribution is -2.12. The summed E-state index contributed by atoms with van der Waals surface area (Å²) in [6.45, 7) is 0.936. The lowest BCUT2D eigenvalue weighted by molar-refractivity contribution is -0.384. The summed E-state index contributed by atoms with van der Waals surface area (Å²) in [5, 5.41) is 17.7. The molecule has 0 fully saturated rings. The van der Waals surface area contributed by atoms with Crippen molar-refractivity contribution in [3.05, 3.63) is 51.0 Å². The second-order valence-corrected chi connectivity index (χ2v) is 4.59. The zero-order valence-corrected chi connectivity index (χ0v) is 11.3. The van der Waals surface area contributed by atoms with Gasteiger partial charge in [-0.05, 0) is 22.0 Å². The molecule has 0 amide bonds. The van der Waals surface area contributed by atoms with Gasteiger partial charge in [-0.3, -0.25) is 14.8 Å². The molecular formula is C11H10BrFN4O2. The maximum atomic E-state index is 13.4. The van der Waals surface area contributed by atoms with E-state index in [-0.39, 0.29) is 15.8 Å². The highest BCUT2D eigenvalue weighted by Crippen LogP contribution is 2.30. The van der Waals surface area contributed by atoms with Gasteiger partial charge in [0.2, 0.25) is 0 Å². The maximum absolute atomic E-state index is 13.4. The minimum atomic E-state index is -0.555. The third-order valence-corrected chi connectivity index (χ3v) is 3.06. The Labute approximate surface area is 116 Å². The van der Waals surface area contributed by atoms with Gasteiger partial charge in [0.05, 0.1) is 15.9 Å². The third kappa shape index (κ3) is 3.28. The molecule has 1 heterocycles. The van der Waals surface area contributed by atoms with Crippen LogP contribution < -0.4 is 5.32 Å². The Kier molecular flexibility index (Phi) is 4.10. The molecule has 2 aromatic rings. The number of nitrogens with zero attached hydrogens (tertiary/aromatic N) is 3. The fourth-order valence-electron chi connectivity index (χ4n) is 1.57. The van der Waals surface area contributed by atoms with Crippen LogP contribution in [0, 0.1) is 15.9 Å². The fraction of sp³-hybridized carbons (Fsp3) is 0.182. The van der Waals surface area contributed by atoms with E-state index in [9.17, 15) is 14.5 Å². The van der Waals surface area contributed by atoms with E-state index < -0.39 is 10.7 Å². The van der Waals surface area contributed by atoms with Crippen LogP contribution in [0.2, 0.25) is 0 Å². The maximum Gasteiger partial charge on any atom is 0.293 e. The zero-order chi connectivity index (χ0) is 13.8. The highest BCUT2D eigenvalue weighted by molar-refractivity contribution is 9.10. The van der Waals surface area contributed by atoms with Crippen LogP contribution in [0.3, 0.4) is 0 Å². The van der Waals surface area contributed by atoms with Crippen molar-refractivity contribution < 1.29 is 9.31 Å². The van der Waals surface area contributed by atoms with Crippen LogP contribution in [0.5, 0.6) is 0 Å². The molecule has 19 heavy (non-hydrogen) atoms. The van der Waals surface area contributed by atoms with Crippen molar-refractivity contribution in [1.82, 2.24) is 9.78 Å². The van der Waals surface area contributed by atoms with Gasteiger partial charge in [0, 0.05) is 31.1 Å². The van der Waals surface area contributed by atoms with E-state index >= 15 is 0 Å². The summed E-state index contributed by atoms with van der Waals surface area (Å²) in [6.07, 6.45) is 3.42. The highest BCUT2D eigenvalue weighted by Gasteiger charge is 2.17. The quantitative estimate of drug-likeness (QED) is 0.676. The molecule has 1 aromatic heterocycles. The lowest BCUT2D eigenvalue weighted by Gasteiger charge is -2.08. The first kappa shape index (κ1) is 13.5. The third-order valence-electron chi connectivity index (χ3n) is 2.45. The van der Waals surface area contributed by atoms with E-state index in [1.807, 2.05) is 0 Å². The van der Waals surface area contributed by atoms with E-state index in [0.29, 0.717) is 13.1 Å². The lowest BCUT2D eigenvalue weighted by atomic mass is 10.2. The molecule has 0 radical (unpaired) electrons. The largest absolute Gasteiger partial charge is 0.378 e. The standard InChI is InChI=1S/C11H10BrFN4O2/c12-8-6-11(17(18)19)10(7-9(8)13)14-3-5-16-4-1-2-15-16/h1-2,4,6-7,14H,3,5H2. The second-order valence-electron chi connectivity index (χ2n) is 3.74. The van der Waals surface area contributed by atoms with E-state index in [1.54, 1.807) is 23.1 Å². The van der Waals surface area contributed by atoms with Crippen LogP contribution in [0.25, 0.3) is 0 Å². The Balaban J connectivity index is 2.10. The number of hydrogen-bond acceptors (Lipinski definition) is 4. The molecule has 100 valence electrons. The molecule has 6 nitrogen and oxygen atoms in total. The Morgan fingerprint density at radius 2 is 2.32 bits per heavy atom. The molecule has 0 bridgehead atoms. The van der Waals surface area contributed by atoms with Gasteiger partial charge in [-0.15, -0.1) is 0 Å². The summed E-state index contributed by atoms with van der Waals surface area (Å²) in [4.78, 5) is 10.3. The molecule has 0 aliphatic carbocycles. The van der Waals surface area contributed by atoms with Crippen molar-refractivity contribution >= 4 is 27.3 Å². The summed E-state index contributed by atoms with van der Waals surface area (Å²) in [5.74, 6) is -0.549. The highest BCUT2D eigenvalue weighted by atomic mass is 79.9. The summed E-state index contributed by atoms with van der Waals surface area (Å²) < 4.78 is 15.1. The Bertz CT molecular complexity index is 589. The summed E-state index contributed by atoms with van der Waals surface area (Å²) in [7, 11) is 0. The fourth-order valence-corrected chi connectivity index (χ4v) is 1.90. The molecule has 0 saturated heterocycles. The second kappa shape index (κ2) is 5.79.